The fraction of sp³-hybridized carbons (Fsp3) is 0.353. The van der Waals surface area contributed by atoms with Crippen molar-refractivity contribution in [1.82, 2.24) is 15.1 Å². The van der Waals surface area contributed by atoms with Gasteiger partial charge in [0, 0.05) is 18.3 Å². The molecule has 0 saturated heterocycles. The topological polar surface area (TPSA) is 88.6 Å². The second kappa shape index (κ2) is 7.80. The lowest BCUT2D eigenvalue weighted by atomic mass is 10.2. The maximum atomic E-state index is 12.2. The van der Waals surface area contributed by atoms with Crippen LogP contribution in [0.3, 0.4) is 0 Å². The third kappa shape index (κ3) is 4.57. The van der Waals surface area contributed by atoms with E-state index in [9.17, 15) is 4.79 Å². The molecule has 0 aliphatic carbocycles. The van der Waals surface area contributed by atoms with E-state index in [0.717, 1.165) is 19.5 Å². The summed E-state index contributed by atoms with van der Waals surface area (Å²) in [4.78, 5) is 14.4. The van der Waals surface area contributed by atoms with Crippen molar-refractivity contribution >= 4 is 17.4 Å². The molecule has 3 rings (SSSR count). The van der Waals surface area contributed by atoms with E-state index >= 15 is 0 Å². The molecule has 0 fully saturated rings. The number of fused-ring (bicyclic) bond motifs is 1. The Morgan fingerprint density at radius 1 is 1.16 bits per heavy atom. The lowest BCUT2D eigenvalue weighted by Crippen LogP contribution is -2.17. The van der Waals surface area contributed by atoms with Gasteiger partial charge in [0.05, 0.1) is 0 Å². The van der Waals surface area contributed by atoms with Crippen LogP contribution in [0, 0.1) is 0 Å². The van der Waals surface area contributed by atoms with E-state index in [2.05, 4.69) is 25.7 Å². The smallest absolute Gasteiger partial charge is 0.276 e. The minimum absolute atomic E-state index is 0.196. The van der Waals surface area contributed by atoms with Gasteiger partial charge < -0.3 is 25.0 Å². The highest BCUT2D eigenvalue weighted by Crippen LogP contribution is 2.34. The summed E-state index contributed by atoms with van der Waals surface area (Å²) < 4.78 is 10.5. The van der Waals surface area contributed by atoms with Crippen LogP contribution in [-0.2, 0) is 0 Å². The highest BCUT2D eigenvalue weighted by atomic mass is 16.7. The first-order valence-corrected chi connectivity index (χ1v) is 8.05. The van der Waals surface area contributed by atoms with Crippen LogP contribution in [-0.4, -0.2) is 55.0 Å². The number of aromatic nitrogens is 2. The van der Waals surface area contributed by atoms with E-state index in [1.165, 1.54) is 0 Å². The molecule has 2 N–H and O–H groups in total. The first-order valence-electron chi connectivity index (χ1n) is 8.05. The molecule has 0 bridgehead atoms. The summed E-state index contributed by atoms with van der Waals surface area (Å²) in [6.45, 7) is 1.99. The van der Waals surface area contributed by atoms with E-state index in [4.69, 9.17) is 9.47 Å². The largest absolute Gasteiger partial charge is 0.454 e. The van der Waals surface area contributed by atoms with Crippen LogP contribution in [0.5, 0.6) is 11.5 Å². The highest BCUT2D eigenvalue weighted by Gasteiger charge is 2.15. The molecule has 1 aliphatic rings. The Hall–Kier alpha value is -2.87. The molecule has 1 aromatic heterocycles. The van der Waals surface area contributed by atoms with E-state index < -0.39 is 0 Å². The van der Waals surface area contributed by atoms with Crippen LogP contribution in [0.1, 0.15) is 16.9 Å². The summed E-state index contributed by atoms with van der Waals surface area (Å²) in [6, 6.07) is 8.61. The summed E-state index contributed by atoms with van der Waals surface area (Å²) >= 11 is 0. The van der Waals surface area contributed by atoms with Crippen molar-refractivity contribution < 1.29 is 14.3 Å². The Morgan fingerprint density at radius 2 is 2.00 bits per heavy atom. The van der Waals surface area contributed by atoms with Crippen molar-refractivity contribution in [3.63, 3.8) is 0 Å². The molecule has 8 nitrogen and oxygen atoms in total. The van der Waals surface area contributed by atoms with E-state index in [1.807, 2.05) is 14.1 Å². The molecule has 8 heteroatoms. The average molecular weight is 343 g/mol. The zero-order chi connectivity index (χ0) is 17.6. The number of amides is 1. The second-order valence-corrected chi connectivity index (χ2v) is 5.91. The molecule has 1 aromatic carbocycles. The molecule has 1 amide bonds. The van der Waals surface area contributed by atoms with Crippen LogP contribution in [0.2, 0.25) is 0 Å². The van der Waals surface area contributed by atoms with Crippen molar-refractivity contribution in [2.24, 2.45) is 0 Å². The molecule has 0 atom stereocenters. The van der Waals surface area contributed by atoms with Crippen molar-refractivity contribution in [3.05, 3.63) is 36.0 Å². The number of anilines is 2. The van der Waals surface area contributed by atoms with Gasteiger partial charge in [-0.05, 0) is 51.3 Å². The first kappa shape index (κ1) is 17.0. The predicted octanol–water partition coefficient (Wildman–Crippen LogP) is 1.82. The normalized spacial score (nSPS) is 12.3. The molecule has 2 heterocycles. The third-order valence-electron chi connectivity index (χ3n) is 3.62. The summed E-state index contributed by atoms with van der Waals surface area (Å²) in [7, 11) is 4.07. The zero-order valence-electron chi connectivity index (χ0n) is 14.3. The van der Waals surface area contributed by atoms with Crippen LogP contribution in [0.15, 0.2) is 30.3 Å². The fourth-order valence-corrected chi connectivity index (χ4v) is 2.33. The van der Waals surface area contributed by atoms with Crippen molar-refractivity contribution in [3.8, 4) is 11.5 Å². The Bertz CT molecular complexity index is 734. The molecule has 2 aromatic rings. The summed E-state index contributed by atoms with van der Waals surface area (Å²) in [6.07, 6.45) is 1.00. The van der Waals surface area contributed by atoms with Gasteiger partial charge in [0.15, 0.2) is 17.2 Å². The van der Waals surface area contributed by atoms with Gasteiger partial charge in [-0.2, -0.15) is 0 Å². The summed E-state index contributed by atoms with van der Waals surface area (Å²) in [5, 5.41) is 14.0. The molecule has 0 spiro atoms. The van der Waals surface area contributed by atoms with Gasteiger partial charge in [-0.3, -0.25) is 4.79 Å². The van der Waals surface area contributed by atoms with Crippen molar-refractivity contribution in [1.29, 1.82) is 0 Å². The summed E-state index contributed by atoms with van der Waals surface area (Å²) in [5.74, 6) is 1.60. The number of carbonyl (C=O) groups is 1. The lowest BCUT2D eigenvalue weighted by molar-refractivity contribution is 0.102. The average Bonchev–Trinajstić information content (AvgIpc) is 3.07. The Kier molecular flexibility index (Phi) is 5.30. The number of ether oxygens (including phenoxy) is 2. The molecule has 25 heavy (non-hydrogen) atoms. The maximum absolute atomic E-state index is 12.2. The van der Waals surface area contributed by atoms with Gasteiger partial charge in [-0.15, -0.1) is 10.2 Å². The second-order valence-electron chi connectivity index (χ2n) is 5.91. The minimum Gasteiger partial charge on any atom is -0.454 e. The quantitative estimate of drug-likeness (QED) is 0.741. The SMILES string of the molecule is CN(C)CCCNc1ccc(C(=O)Nc2ccc3c(c2)OCO3)nn1. The van der Waals surface area contributed by atoms with Gasteiger partial charge in [0.1, 0.15) is 5.82 Å². The van der Waals surface area contributed by atoms with Crippen molar-refractivity contribution in [2.45, 2.75) is 6.42 Å². The van der Waals surface area contributed by atoms with Gasteiger partial charge in [-0.25, -0.2) is 0 Å². The van der Waals surface area contributed by atoms with Gasteiger partial charge in [0.25, 0.3) is 5.91 Å². The van der Waals surface area contributed by atoms with Gasteiger partial charge in [-0.1, -0.05) is 0 Å². The predicted molar refractivity (Wildman–Crippen MR) is 94.2 cm³/mol. The van der Waals surface area contributed by atoms with Gasteiger partial charge >= 0.3 is 0 Å². The van der Waals surface area contributed by atoms with E-state index in [0.29, 0.717) is 23.0 Å². The summed E-state index contributed by atoms with van der Waals surface area (Å²) in [5.41, 5.74) is 0.860. The molecule has 0 unspecified atom stereocenters. The number of hydrogen-bond donors (Lipinski definition) is 2. The molecular formula is C17H21N5O3. The zero-order valence-corrected chi connectivity index (χ0v) is 14.3. The van der Waals surface area contributed by atoms with E-state index in [1.54, 1.807) is 30.3 Å². The number of rotatable bonds is 7. The van der Waals surface area contributed by atoms with Crippen molar-refractivity contribution in [2.75, 3.05) is 44.6 Å². The third-order valence-corrected chi connectivity index (χ3v) is 3.62. The lowest BCUT2D eigenvalue weighted by Gasteiger charge is -2.10. The van der Waals surface area contributed by atoms with Crippen LogP contribution in [0.4, 0.5) is 11.5 Å². The van der Waals surface area contributed by atoms with Crippen LogP contribution in [0.25, 0.3) is 0 Å². The fourth-order valence-electron chi connectivity index (χ4n) is 2.33. The molecule has 1 aliphatic heterocycles. The number of nitrogens with zero attached hydrogens (tertiary/aromatic N) is 3. The molecule has 0 radical (unpaired) electrons. The standard InChI is InChI=1S/C17H21N5O3/c1-22(2)9-3-8-18-16-7-5-13(20-21-16)17(23)19-12-4-6-14-15(10-12)25-11-24-14/h4-7,10H,3,8-9,11H2,1-2H3,(H,18,21)(H,19,23). The number of benzene rings is 1. The first-order chi connectivity index (χ1) is 12.1. The number of hydrogen-bond acceptors (Lipinski definition) is 7. The number of nitrogens with one attached hydrogen (secondary N) is 2. The van der Waals surface area contributed by atoms with Crippen LogP contribution < -0.4 is 20.1 Å². The Balaban J connectivity index is 1.54. The minimum atomic E-state index is -0.328. The maximum Gasteiger partial charge on any atom is 0.276 e. The Labute approximate surface area is 146 Å². The molecule has 132 valence electrons. The number of carbonyl (C=O) groups excluding carboxylic acids is 1. The molecular weight excluding hydrogens is 322 g/mol. The highest BCUT2D eigenvalue weighted by molar-refractivity contribution is 6.02. The van der Waals surface area contributed by atoms with Gasteiger partial charge in [0.2, 0.25) is 6.79 Å². The Morgan fingerprint density at radius 3 is 2.76 bits per heavy atom. The monoisotopic (exact) mass is 343 g/mol. The molecule has 0 saturated carbocycles. The van der Waals surface area contributed by atoms with E-state index in [-0.39, 0.29) is 18.4 Å². The van der Waals surface area contributed by atoms with Crippen LogP contribution >= 0.6 is 0 Å².